The molecule has 0 unspecified atom stereocenters. The number of hydrogen-bond acceptors (Lipinski definition) is 1. The lowest BCUT2D eigenvalue weighted by Crippen LogP contribution is -2.31. The molecule has 0 saturated heterocycles. The maximum Gasteiger partial charge on any atom is 0.171 e. The summed E-state index contributed by atoms with van der Waals surface area (Å²) in [7, 11) is 0. The smallest absolute Gasteiger partial charge is 0.171 e. The van der Waals surface area contributed by atoms with Gasteiger partial charge in [-0.1, -0.05) is 36.4 Å². The molecule has 0 radical (unpaired) electrons. The normalized spacial score (nSPS) is 11.8. The average Bonchev–Trinajstić information content (AvgIpc) is 2.41. The number of aryl methyl sites for hydroxylation is 1. The van der Waals surface area contributed by atoms with E-state index in [1.54, 1.807) is 18.2 Å². The molecule has 0 aromatic heterocycles. The van der Waals surface area contributed by atoms with E-state index in [2.05, 4.69) is 29.7 Å². The van der Waals surface area contributed by atoms with Crippen molar-refractivity contribution in [1.82, 2.24) is 5.32 Å². The van der Waals surface area contributed by atoms with Gasteiger partial charge in [-0.3, -0.25) is 0 Å². The molecule has 0 aliphatic heterocycles. The lowest BCUT2D eigenvalue weighted by Gasteiger charge is -2.19. The SMILES string of the molecule is Cc1ccccc1[C@H](C)NC(=S)Nc1ccccc1F. The third-order valence-electron chi connectivity index (χ3n) is 3.12. The van der Waals surface area contributed by atoms with Gasteiger partial charge >= 0.3 is 0 Å². The Bertz CT molecular complexity index is 613. The minimum atomic E-state index is -0.319. The molecule has 2 aromatic rings. The van der Waals surface area contributed by atoms with E-state index in [9.17, 15) is 4.39 Å². The number of benzene rings is 2. The summed E-state index contributed by atoms with van der Waals surface area (Å²) in [6.07, 6.45) is 0. The molecule has 0 aliphatic carbocycles. The van der Waals surface area contributed by atoms with Crippen LogP contribution in [0, 0.1) is 12.7 Å². The molecule has 1 atom stereocenters. The Labute approximate surface area is 124 Å². The molecule has 104 valence electrons. The van der Waals surface area contributed by atoms with Crippen molar-refractivity contribution in [1.29, 1.82) is 0 Å². The molecule has 0 fully saturated rings. The van der Waals surface area contributed by atoms with Crippen LogP contribution in [0.25, 0.3) is 0 Å². The Kier molecular flexibility index (Phi) is 4.69. The van der Waals surface area contributed by atoms with E-state index in [1.807, 2.05) is 19.1 Å². The Morgan fingerprint density at radius 2 is 1.75 bits per heavy atom. The highest BCUT2D eigenvalue weighted by Gasteiger charge is 2.10. The minimum absolute atomic E-state index is 0.0583. The van der Waals surface area contributed by atoms with Crippen molar-refractivity contribution in [3.05, 3.63) is 65.5 Å². The molecular formula is C16H17FN2S. The predicted molar refractivity (Wildman–Crippen MR) is 85.4 cm³/mol. The summed E-state index contributed by atoms with van der Waals surface area (Å²) in [4.78, 5) is 0. The number of anilines is 1. The fourth-order valence-corrected chi connectivity index (χ4v) is 2.35. The Morgan fingerprint density at radius 1 is 1.10 bits per heavy atom. The molecule has 2 aromatic carbocycles. The van der Waals surface area contributed by atoms with Crippen LogP contribution in [-0.2, 0) is 0 Å². The largest absolute Gasteiger partial charge is 0.356 e. The molecule has 0 heterocycles. The second-order valence-electron chi connectivity index (χ2n) is 4.66. The molecule has 0 saturated carbocycles. The van der Waals surface area contributed by atoms with E-state index in [0.29, 0.717) is 10.8 Å². The fourth-order valence-electron chi connectivity index (χ4n) is 2.07. The quantitative estimate of drug-likeness (QED) is 0.828. The van der Waals surface area contributed by atoms with E-state index >= 15 is 0 Å². The van der Waals surface area contributed by atoms with Crippen LogP contribution in [0.2, 0.25) is 0 Å². The maximum absolute atomic E-state index is 13.5. The zero-order valence-electron chi connectivity index (χ0n) is 11.5. The van der Waals surface area contributed by atoms with Crippen molar-refractivity contribution in [3.63, 3.8) is 0 Å². The molecule has 0 bridgehead atoms. The van der Waals surface area contributed by atoms with Crippen molar-refractivity contribution in [3.8, 4) is 0 Å². The molecular weight excluding hydrogens is 271 g/mol. The lowest BCUT2D eigenvalue weighted by molar-refractivity contribution is 0.631. The van der Waals surface area contributed by atoms with Gasteiger partial charge in [0.25, 0.3) is 0 Å². The van der Waals surface area contributed by atoms with Crippen LogP contribution in [0.15, 0.2) is 48.5 Å². The van der Waals surface area contributed by atoms with E-state index in [0.717, 1.165) is 0 Å². The monoisotopic (exact) mass is 288 g/mol. The molecule has 0 spiro atoms. The van der Waals surface area contributed by atoms with Crippen LogP contribution < -0.4 is 10.6 Å². The number of rotatable bonds is 3. The molecule has 2 rings (SSSR count). The van der Waals surface area contributed by atoms with Gasteiger partial charge in [0.15, 0.2) is 5.11 Å². The third-order valence-corrected chi connectivity index (χ3v) is 3.34. The van der Waals surface area contributed by atoms with Crippen LogP contribution in [0.1, 0.15) is 24.1 Å². The molecule has 0 aliphatic rings. The summed E-state index contributed by atoms with van der Waals surface area (Å²) in [6, 6.07) is 14.6. The van der Waals surface area contributed by atoms with Gasteiger partial charge in [0.05, 0.1) is 11.7 Å². The van der Waals surface area contributed by atoms with Crippen molar-refractivity contribution in [2.75, 3.05) is 5.32 Å². The molecule has 2 N–H and O–H groups in total. The third kappa shape index (κ3) is 3.54. The van der Waals surface area contributed by atoms with Gasteiger partial charge in [-0.05, 0) is 49.3 Å². The van der Waals surface area contributed by atoms with Crippen molar-refractivity contribution in [2.45, 2.75) is 19.9 Å². The van der Waals surface area contributed by atoms with E-state index in [4.69, 9.17) is 12.2 Å². The predicted octanol–water partition coefficient (Wildman–Crippen LogP) is 4.18. The van der Waals surface area contributed by atoms with Crippen LogP contribution in [0.5, 0.6) is 0 Å². The number of thiocarbonyl (C=S) groups is 1. The van der Waals surface area contributed by atoms with Crippen LogP contribution >= 0.6 is 12.2 Å². The van der Waals surface area contributed by atoms with Crippen LogP contribution in [-0.4, -0.2) is 5.11 Å². The zero-order valence-corrected chi connectivity index (χ0v) is 12.3. The molecule has 0 amide bonds. The van der Waals surface area contributed by atoms with E-state index < -0.39 is 0 Å². The second kappa shape index (κ2) is 6.48. The summed E-state index contributed by atoms with van der Waals surface area (Å²) >= 11 is 5.23. The van der Waals surface area contributed by atoms with Crippen molar-refractivity contribution < 1.29 is 4.39 Å². The first-order valence-corrected chi connectivity index (χ1v) is 6.86. The summed E-state index contributed by atoms with van der Waals surface area (Å²) in [5.41, 5.74) is 2.74. The average molecular weight is 288 g/mol. The highest BCUT2D eigenvalue weighted by molar-refractivity contribution is 7.80. The second-order valence-corrected chi connectivity index (χ2v) is 5.06. The highest BCUT2D eigenvalue weighted by atomic mass is 32.1. The number of halogens is 1. The molecule has 2 nitrogen and oxygen atoms in total. The van der Waals surface area contributed by atoms with Gasteiger partial charge in [0, 0.05) is 0 Å². The van der Waals surface area contributed by atoms with E-state index in [1.165, 1.54) is 17.2 Å². The lowest BCUT2D eigenvalue weighted by atomic mass is 10.0. The van der Waals surface area contributed by atoms with Gasteiger partial charge in [-0.15, -0.1) is 0 Å². The molecule has 4 heteroatoms. The summed E-state index contributed by atoms with van der Waals surface area (Å²) in [6.45, 7) is 4.08. The number of hydrogen-bond donors (Lipinski definition) is 2. The standard InChI is InChI=1S/C16H17FN2S/c1-11-7-3-4-8-13(11)12(2)18-16(20)19-15-10-6-5-9-14(15)17/h3-10,12H,1-2H3,(H2,18,19,20)/t12-/m0/s1. The first kappa shape index (κ1) is 14.5. The Hall–Kier alpha value is -1.94. The number of nitrogens with one attached hydrogen (secondary N) is 2. The van der Waals surface area contributed by atoms with Gasteiger partial charge in [-0.2, -0.15) is 0 Å². The summed E-state index contributed by atoms with van der Waals surface area (Å²) in [5, 5.41) is 6.45. The van der Waals surface area contributed by atoms with Crippen LogP contribution in [0.4, 0.5) is 10.1 Å². The van der Waals surface area contributed by atoms with E-state index in [-0.39, 0.29) is 11.9 Å². The number of para-hydroxylation sites is 1. The first-order valence-electron chi connectivity index (χ1n) is 6.45. The summed E-state index contributed by atoms with van der Waals surface area (Å²) < 4.78 is 13.5. The van der Waals surface area contributed by atoms with Crippen molar-refractivity contribution in [2.24, 2.45) is 0 Å². The Morgan fingerprint density at radius 3 is 2.45 bits per heavy atom. The zero-order chi connectivity index (χ0) is 14.5. The first-order chi connectivity index (χ1) is 9.58. The Balaban J connectivity index is 2.02. The fraction of sp³-hybridized carbons (Fsp3) is 0.188. The van der Waals surface area contributed by atoms with Gasteiger partial charge in [-0.25, -0.2) is 4.39 Å². The van der Waals surface area contributed by atoms with Gasteiger partial charge in [0.2, 0.25) is 0 Å². The topological polar surface area (TPSA) is 24.1 Å². The highest BCUT2D eigenvalue weighted by Crippen LogP contribution is 2.17. The van der Waals surface area contributed by atoms with Gasteiger partial charge < -0.3 is 10.6 Å². The molecule has 20 heavy (non-hydrogen) atoms. The van der Waals surface area contributed by atoms with Crippen molar-refractivity contribution >= 4 is 23.0 Å². The van der Waals surface area contributed by atoms with Crippen LogP contribution in [0.3, 0.4) is 0 Å². The maximum atomic E-state index is 13.5. The minimum Gasteiger partial charge on any atom is -0.356 e. The van der Waals surface area contributed by atoms with Gasteiger partial charge in [0.1, 0.15) is 5.82 Å². The summed E-state index contributed by atoms with van der Waals surface area (Å²) in [5.74, 6) is -0.319.